The van der Waals surface area contributed by atoms with Crippen LogP contribution in [0.4, 0.5) is 5.95 Å². The van der Waals surface area contributed by atoms with Crippen molar-refractivity contribution in [2.24, 2.45) is 7.05 Å². The van der Waals surface area contributed by atoms with Gasteiger partial charge in [-0.3, -0.25) is 0 Å². The fourth-order valence-electron chi connectivity index (χ4n) is 1.68. The fraction of sp³-hybridized carbons (Fsp3) is 0.417. The van der Waals surface area contributed by atoms with Crippen molar-refractivity contribution >= 4 is 17.3 Å². The molecular weight excluding hydrogens is 218 g/mol. The van der Waals surface area contributed by atoms with Gasteiger partial charge in [-0.1, -0.05) is 0 Å². The minimum absolute atomic E-state index is 0.851. The van der Waals surface area contributed by atoms with Crippen LogP contribution in [0.1, 0.15) is 21.0 Å². The van der Waals surface area contributed by atoms with Crippen LogP contribution in [0.25, 0.3) is 0 Å². The van der Waals surface area contributed by atoms with Gasteiger partial charge in [0.1, 0.15) is 0 Å². The average Bonchev–Trinajstić information content (AvgIpc) is 2.68. The van der Waals surface area contributed by atoms with Crippen molar-refractivity contribution in [2.45, 2.75) is 27.3 Å². The van der Waals surface area contributed by atoms with Crippen LogP contribution in [0.2, 0.25) is 0 Å². The molecule has 2 heterocycles. The maximum atomic E-state index is 4.41. The fourth-order valence-corrected chi connectivity index (χ4v) is 2.68. The minimum Gasteiger partial charge on any atom is -0.351 e. The van der Waals surface area contributed by atoms with Gasteiger partial charge >= 0.3 is 0 Å². The average molecular weight is 235 g/mol. The van der Waals surface area contributed by atoms with Crippen molar-refractivity contribution < 1.29 is 0 Å². The predicted octanol–water partition coefficient (Wildman–Crippen LogP) is 3.02. The Kier molecular flexibility index (Phi) is 3.01. The molecule has 0 aliphatic carbocycles. The zero-order chi connectivity index (χ0) is 11.7. The number of hydrogen-bond donors (Lipinski definition) is 1. The number of aromatic nitrogens is 2. The summed E-state index contributed by atoms with van der Waals surface area (Å²) < 4.78 is 2.02. The van der Waals surface area contributed by atoms with Crippen LogP contribution in [-0.2, 0) is 13.6 Å². The minimum atomic E-state index is 0.851. The molecule has 0 saturated carbocycles. The van der Waals surface area contributed by atoms with Gasteiger partial charge in [0, 0.05) is 23.0 Å². The zero-order valence-electron chi connectivity index (χ0n) is 10.2. The Morgan fingerprint density at radius 1 is 1.38 bits per heavy atom. The van der Waals surface area contributed by atoms with Gasteiger partial charge in [-0.25, -0.2) is 4.98 Å². The van der Waals surface area contributed by atoms with E-state index in [0.717, 1.165) is 18.2 Å². The van der Waals surface area contributed by atoms with E-state index in [1.165, 1.54) is 15.3 Å². The number of hydrogen-bond acceptors (Lipinski definition) is 3. The molecule has 0 aromatic carbocycles. The second-order valence-electron chi connectivity index (χ2n) is 4.12. The molecule has 0 aliphatic rings. The highest BCUT2D eigenvalue weighted by molar-refractivity contribution is 7.12. The Morgan fingerprint density at radius 2 is 2.12 bits per heavy atom. The van der Waals surface area contributed by atoms with Gasteiger partial charge in [0.15, 0.2) is 0 Å². The molecule has 86 valence electrons. The molecule has 2 aromatic heterocycles. The first-order chi connectivity index (χ1) is 7.56. The summed E-state index contributed by atoms with van der Waals surface area (Å²) in [6, 6.07) is 2.24. The highest BCUT2D eigenvalue weighted by atomic mass is 32.1. The number of thiophene rings is 1. The molecule has 0 aliphatic heterocycles. The molecule has 4 heteroatoms. The third-order valence-corrected chi connectivity index (χ3v) is 3.79. The summed E-state index contributed by atoms with van der Waals surface area (Å²) in [5.74, 6) is 0.932. The van der Waals surface area contributed by atoms with Crippen molar-refractivity contribution in [2.75, 3.05) is 5.32 Å². The molecule has 0 unspecified atom stereocenters. The Labute approximate surface area is 100 Å². The monoisotopic (exact) mass is 235 g/mol. The van der Waals surface area contributed by atoms with Gasteiger partial charge in [-0.05, 0) is 32.4 Å². The van der Waals surface area contributed by atoms with E-state index in [1.807, 2.05) is 36.1 Å². The van der Waals surface area contributed by atoms with E-state index in [4.69, 9.17) is 0 Å². The largest absolute Gasteiger partial charge is 0.351 e. The lowest BCUT2D eigenvalue weighted by Gasteiger charge is -2.03. The summed E-state index contributed by atoms with van der Waals surface area (Å²) in [6.45, 7) is 7.17. The lowest BCUT2D eigenvalue weighted by Crippen LogP contribution is -2.03. The van der Waals surface area contributed by atoms with E-state index in [9.17, 15) is 0 Å². The summed E-state index contributed by atoms with van der Waals surface area (Å²) in [4.78, 5) is 7.16. The number of imidazole rings is 1. The van der Waals surface area contributed by atoms with Gasteiger partial charge in [0.25, 0.3) is 0 Å². The van der Waals surface area contributed by atoms with Gasteiger partial charge in [-0.15, -0.1) is 11.3 Å². The standard InChI is InChI=1S/C12H17N3S/c1-8-5-11(16-10(8)3)6-13-12-14-9(2)7-15(12)4/h5,7H,6H2,1-4H3,(H,13,14). The molecule has 0 spiro atoms. The smallest absolute Gasteiger partial charge is 0.203 e. The quantitative estimate of drug-likeness (QED) is 0.886. The Morgan fingerprint density at radius 3 is 2.62 bits per heavy atom. The summed E-state index contributed by atoms with van der Waals surface area (Å²) in [5, 5.41) is 3.35. The number of nitrogens with one attached hydrogen (secondary N) is 1. The first kappa shape index (κ1) is 11.2. The Hall–Kier alpha value is -1.29. The second kappa shape index (κ2) is 4.29. The van der Waals surface area contributed by atoms with E-state index < -0.39 is 0 Å². The van der Waals surface area contributed by atoms with E-state index in [1.54, 1.807) is 0 Å². The SMILES string of the molecule is Cc1cn(C)c(NCc2cc(C)c(C)s2)n1. The van der Waals surface area contributed by atoms with Gasteiger partial charge in [0.2, 0.25) is 5.95 Å². The summed E-state index contributed by atoms with van der Waals surface area (Å²) in [6.07, 6.45) is 2.02. The van der Waals surface area contributed by atoms with Crippen molar-refractivity contribution in [1.82, 2.24) is 9.55 Å². The van der Waals surface area contributed by atoms with Crippen LogP contribution in [0.15, 0.2) is 12.3 Å². The van der Waals surface area contributed by atoms with Crippen LogP contribution in [0, 0.1) is 20.8 Å². The van der Waals surface area contributed by atoms with E-state index in [-0.39, 0.29) is 0 Å². The summed E-state index contributed by atoms with van der Waals surface area (Å²) in [5.41, 5.74) is 2.42. The molecule has 0 bridgehead atoms. The lowest BCUT2D eigenvalue weighted by atomic mass is 10.3. The van der Waals surface area contributed by atoms with Crippen LogP contribution in [0.3, 0.4) is 0 Å². The van der Waals surface area contributed by atoms with Gasteiger partial charge < -0.3 is 9.88 Å². The molecule has 0 atom stereocenters. The predicted molar refractivity (Wildman–Crippen MR) is 69.1 cm³/mol. The molecule has 0 amide bonds. The number of rotatable bonds is 3. The third-order valence-electron chi connectivity index (χ3n) is 2.63. The van der Waals surface area contributed by atoms with E-state index in [2.05, 4.69) is 30.2 Å². The van der Waals surface area contributed by atoms with Gasteiger partial charge in [-0.2, -0.15) is 0 Å². The molecule has 0 saturated heterocycles. The number of anilines is 1. The first-order valence-electron chi connectivity index (χ1n) is 5.36. The van der Waals surface area contributed by atoms with Crippen molar-refractivity contribution in [3.63, 3.8) is 0 Å². The maximum absolute atomic E-state index is 4.41. The molecule has 0 radical (unpaired) electrons. The maximum Gasteiger partial charge on any atom is 0.203 e. The summed E-state index contributed by atoms with van der Waals surface area (Å²) in [7, 11) is 2.01. The van der Waals surface area contributed by atoms with E-state index >= 15 is 0 Å². The van der Waals surface area contributed by atoms with Crippen LogP contribution < -0.4 is 5.32 Å². The molecule has 3 nitrogen and oxygen atoms in total. The number of nitrogens with zero attached hydrogens (tertiary/aromatic N) is 2. The molecule has 2 rings (SSSR count). The molecule has 0 fully saturated rings. The van der Waals surface area contributed by atoms with Crippen LogP contribution >= 0.6 is 11.3 Å². The number of aryl methyl sites for hydroxylation is 4. The zero-order valence-corrected chi connectivity index (χ0v) is 11.0. The van der Waals surface area contributed by atoms with Gasteiger partial charge in [0.05, 0.1) is 12.2 Å². The van der Waals surface area contributed by atoms with Crippen molar-refractivity contribution in [1.29, 1.82) is 0 Å². The molecular formula is C12H17N3S. The third kappa shape index (κ3) is 2.27. The second-order valence-corrected chi connectivity index (χ2v) is 5.46. The molecule has 16 heavy (non-hydrogen) atoms. The lowest BCUT2D eigenvalue weighted by molar-refractivity contribution is 0.902. The molecule has 1 N–H and O–H groups in total. The highest BCUT2D eigenvalue weighted by Crippen LogP contribution is 2.21. The Bertz CT molecular complexity index is 477. The Balaban J connectivity index is 2.04. The highest BCUT2D eigenvalue weighted by Gasteiger charge is 2.04. The first-order valence-corrected chi connectivity index (χ1v) is 6.17. The van der Waals surface area contributed by atoms with E-state index in [0.29, 0.717) is 0 Å². The topological polar surface area (TPSA) is 29.9 Å². The van der Waals surface area contributed by atoms with Crippen LogP contribution in [-0.4, -0.2) is 9.55 Å². The van der Waals surface area contributed by atoms with Crippen molar-refractivity contribution in [3.8, 4) is 0 Å². The van der Waals surface area contributed by atoms with Crippen LogP contribution in [0.5, 0.6) is 0 Å². The summed E-state index contributed by atoms with van der Waals surface area (Å²) >= 11 is 1.85. The van der Waals surface area contributed by atoms with Crippen molar-refractivity contribution in [3.05, 3.63) is 33.3 Å². The normalized spacial score (nSPS) is 10.8. The molecule has 2 aromatic rings.